The Morgan fingerprint density at radius 1 is 1.14 bits per heavy atom. The molecule has 1 N–H and O–H groups in total. The Kier molecular flexibility index (Phi) is 5.41. The summed E-state index contributed by atoms with van der Waals surface area (Å²) in [6, 6.07) is 9.83. The zero-order valence-electron chi connectivity index (χ0n) is 17.3. The van der Waals surface area contributed by atoms with Crippen LogP contribution in [0.25, 0.3) is 10.9 Å². The first kappa shape index (κ1) is 19.6. The Balaban J connectivity index is 1.78. The van der Waals surface area contributed by atoms with E-state index in [1.54, 1.807) is 18.0 Å². The highest BCUT2D eigenvalue weighted by Crippen LogP contribution is 2.29. The molecule has 0 spiro atoms. The summed E-state index contributed by atoms with van der Waals surface area (Å²) in [5.74, 6) is 0.832. The molecule has 1 aliphatic carbocycles. The SMILES string of the molecule is COc1ccc(Cc2cc3c(=O)n([C@@H]4CCCC[C@H]4O)cnc3c(C)c2C)cc1. The van der Waals surface area contributed by atoms with Crippen LogP contribution in [0.1, 0.15) is 54.0 Å². The minimum atomic E-state index is -0.481. The van der Waals surface area contributed by atoms with Crippen molar-refractivity contribution in [2.75, 3.05) is 7.11 Å². The second kappa shape index (κ2) is 7.99. The normalized spacial score (nSPS) is 19.4. The molecule has 1 fully saturated rings. The van der Waals surface area contributed by atoms with Gasteiger partial charge in [-0.15, -0.1) is 0 Å². The summed E-state index contributed by atoms with van der Waals surface area (Å²) in [6.45, 7) is 4.12. The van der Waals surface area contributed by atoms with E-state index in [2.05, 4.69) is 24.0 Å². The third kappa shape index (κ3) is 3.67. The van der Waals surface area contributed by atoms with Crippen molar-refractivity contribution in [3.63, 3.8) is 0 Å². The molecule has 1 saturated carbocycles. The summed E-state index contributed by atoms with van der Waals surface area (Å²) < 4.78 is 6.89. The zero-order chi connectivity index (χ0) is 20.5. The van der Waals surface area contributed by atoms with E-state index in [0.29, 0.717) is 5.39 Å². The Hall–Kier alpha value is -2.66. The molecule has 0 bridgehead atoms. The minimum Gasteiger partial charge on any atom is -0.497 e. The molecule has 29 heavy (non-hydrogen) atoms. The molecule has 5 nitrogen and oxygen atoms in total. The van der Waals surface area contributed by atoms with Crippen molar-refractivity contribution in [2.24, 2.45) is 0 Å². The molecule has 3 aromatic rings. The van der Waals surface area contributed by atoms with Gasteiger partial charge in [0.2, 0.25) is 0 Å². The Morgan fingerprint density at radius 3 is 2.55 bits per heavy atom. The van der Waals surface area contributed by atoms with Crippen LogP contribution in [-0.4, -0.2) is 27.9 Å². The monoisotopic (exact) mass is 392 g/mol. The summed E-state index contributed by atoms with van der Waals surface area (Å²) in [5.41, 5.74) is 5.20. The number of methoxy groups -OCH3 is 1. The van der Waals surface area contributed by atoms with Crippen LogP contribution in [0.15, 0.2) is 41.5 Å². The van der Waals surface area contributed by atoms with Crippen LogP contribution >= 0.6 is 0 Å². The van der Waals surface area contributed by atoms with Crippen molar-refractivity contribution in [2.45, 2.75) is 58.1 Å². The number of rotatable bonds is 4. The lowest BCUT2D eigenvalue weighted by Crippen LogP contribution is -2.34. The highest BCUT2D eigenvalue weighted by atomic mass is 16.5. The standard InChI is InChI=1S/C24H28N2O3/c1-15-16(2)23-20(13-18(15)12-17-8-10-19(29-3)11-9-17)24(28)26(14-25-23)21-6-4-5-7-22(21)27/h8-11,13-14,21-22,27H,4-7,12H2,1-3H3/t21-,22-/m1/s1. The van der Waals surface area contributed by atoms with Gasteiger partial charge in [0.25, 0.3) is 5.56 Å². The van der Waals surface area contributed by atoms with Crippen LogP contribution < -0.4 is 10.3 Å². The molecular weight excluding hydrogens is 364 g/mol. The highest BCUT2D eigenvalue weighted by Gasteiger charge is 2.26. The summed E-state index contributed by atoms with van der Waals surface area (Å²) in [6.07, 6.45) is 5.49. The minimum absolute atomic E-state index is 0.0555. The molecule has 2 atom stereocenters. The second-order valence-corrected chi connectivity index (χ2v) is 8.08. The van der Waals surface area contributed by atoms with Crippen LogP contribution in [0, 0.1) is 13.8 Å². The summed E-state index contributed by atoms with van der Waals surface area (Å²) in [5, 5.41) is 11.0. The first-order valence-electron chi connectivity index (χ1n) is 10.3. The van der Waals surface area contributed by atoms with Crippen molar-refractivity contribution in [3.8, 4) is 5.75 Å². The van der Waals surface area contributed by atoms with Gasteiger partial charge >= 0.3 is 0 Å². The van der Waals surface area contributed by atoms with E-state index in [-0.39, 0.29) is 11.6 Å². The number of aliphatic hydroxyl groups is 1. The van der Waals surface area contributed by atoms with Crippen LogP contribution in [0.5, 0.6) is 5.75 Å². The smallest absolute Gasteiger partial charge is 0.261 e. The average Bonchev–Trinajstić information content (AvgIpc) is 2.74. The molecule has 1 aliphatic rings. The lowest BCUT2D eigenvalue weighted by molar-refractivity contribution is 0.0735. The summed E-state index contributed by atoms with van der Waals surface area (Å²) in [4.78, 5) is 17.9. The number of aromatic nitrogens is 2. The number of hydrogen-bond acceptors (Lipinski definition) is 4. The lowest BCUT2D eigenvalue weighted by Gasteiger charge is -2.29. The Labute approximate surface area is 171 Å². The summed E-state index contributed by atoms with van der Waals surface area (Å²) in [7, 11) is 1.66. The van der Waals surface area contributed by atoms with E-state index in [9.17, 15) is 9.90 Å². The van der Waals surface area contributed by atoms with E-state index in [4.69, 9.17) is 4.74 Å². The van der Waals surface area contributed by atoms with Crippen LogP contribution in [0.2, 0.25) is 0 Å². The van der Waals surface area contributed by atoms with Crippen molar-refractivity contribution in [1.29, 1.82) is 0 Å². The van der Waals surface area contributed by atoms with Gasteiger partial charge in [-0.25, -0.2) is 4.98 Å². The molecule has 0 unspecified atom stereocenters. The molecule has 152 valence electrons. The number of nitrogens with zero attached hydrogens (tertiary/aromatic N) is 2. The third-order valence-corrected chi connectivity index (χ3v) is 6.35. The summed E-state index contributed by atoms with van der Waals surface area (Å²) >= 11 is 0. The first-order valence-corrected chi connectivity index (χ1v) is 10.3. The van der Waals surface area contributed by atoms with E-state index in [0.717, 1.165) is 60.1 Å². The Bertz CT molecular complexity index is 1090. The number of benzene rings is 2. The maximum Gasteiger partial charge on any atom is 0.261 e. The van der Waals surface area contributed by atoms with Crippen LogP contribution in [0.3, 0.4) is 0 Å². The Morgan fingerprint density at radius 2 is 1.86 bits per heavy atom. The third-order valence-electron chi connectivity index (χ3n) is 6.35. The predicted octanol–water partition coefficient (Wildman–Crippen LogP) is 4.09. The van der Waals surface area contributed by atoms with E-state index < -0.39 is 6.10 Å². The van der Waals surface area contributed by atoms with E-state index >= 15 is 0 Å². The quantitative estimate of drug-likeness (QED) is 0.726. The lowest BCUT2D eigenvalue weighted by atomic mass is 9.92. The van der Waals surface area contributed by atoms with Gasteiger partial charge in [0.1, 0.15) is 5.75 Å². The van der Waals surface area contributed by atoms with Gasteiger partial charge < -0.3 is 9.84 Å². The van der Waals surface area contributed by atoms with E-state index in [1.165, 1.54) is 5.56 Å². The fraction of sp³-hybridized carbons (Fsp3) is 0.417. The maximum absolute atomic E-state index is 13.3. The van der Waals surface area contributed by atoms with Gasteiger partial charge in [0.15, 0.2) is 0 Å². The van der Waals surface area contributed by atoms with Gasteiger partial charge in [-0.3, -0.25) is 9.36 Å². The van der Waals surface area contributed by atoms with Crippen molar-refractivity contribution >= 4 is 10.9 Å². The fourth-order valence-electron chi connectivity index (χ4n) is 4.41. The molecular formula is C24H28N2O3. The molecule has 4 rings (SSSR count). The van der Waals surface area contributed by atoms with Gasteiger partial charge in [-0.2, -0.15) is 0 Å². The van der Waals surface area contributed by atoms with Gasteiger partial charge in [-0.1, -0.05) is 25.0 Å². The number of fused-ring (bicyclic) bond motifs is 1. The van der Waals surface area contributed by atoms with Gasteiger partial charge in [0, 0.05) is 0 Å². The van der Waals surface area contributed by atoms with E-state index in [1.807, 2.05) is 25.1 Å². The van der Waals surface area contributed by atoms with Gasteiger partial charge in [-0.05, 0) is 73.6 Å². The molecule has 1 aromatic heterocycles. The van der Waals surface area contributed by atoms with Gasteiger partial charge in [0.05, 0.1) is 36.5 Å². The number of aliphatic hydroxyl groups excluding tert-OH is 1. The molecule has 1 heterocycles. The number of aryl methyl sites for hydroxylation is 1. The van der Waals surface area contributed by atoms with Crippen molar-refractivity contribution < 1.29 is 9.84 Å². The number of hydrogen-bond donors (Lipinski definition) is 1. The maximum atomic E-state index is 13.3. The van der Waals surface area contributed by atoms with Crippen LogP contribution in [-0.2, 0) is 6.42 Å². The molecule has 5 heteroatoms. The largest absolute Gasteiger partial charge is 0.497 e. The molecule has 2 aromatic carbocycles. The fourth-order valence-corrected chi connectivity index (χ4v) is 4.41. The molecule has 0 radical (unpaired) electrons. The molecule has 0 saturated heterocycles. The molecule has 0 amide bonds. The highest BCUT2D eigenvalue weighted by molar-refractivity contribution is 5.83. The molecule has 0 aliphatic heterocycles. The van der Waals surface area contributed by atoms with Crippen LogP contribution in [0.4, 0.5) is 0 Å². The average molecular weight is 392 g/mol. The topological polar surface area (TPSA) is 64.3 Å². The zero-order valence-corrected chi connectivity index (χ0v) is 17.3. The first-order chi connectivity index (χ1) is 14.0. The second-order valence-electron chi connectivity index (χ2n) is 8.08. The van der Waals surface area contributed by atoms with Crippen molar-refractivity contribution in [1.82, 2.24) is 9.55 Å². The predicted molar refractivity (Wildman–Crippen MR) is 115 cm³/mol. The number of ether oxygens (including phenoxy) is 1. The van der Waals surface area contributed by atoms with Crippen molar-refractivity contribution in [3.05, 3.63) is 69.3 Å².